The van der Waals surface area contributed by atoms with Crippen molar-refractivity contribution in [3.63, 3.8) is 0 Å². The largest absolute Gasteiger partial charge is 0.392 e. The molecule has 0 saturated carbocycles. The fourth-order valence-electron chi connectivity index (χ4n) is 1.29. The van der Waals surface area contributed by atoms with Gasteiger partial charge in [-0.1, -0.05) is 13.8 Å². The van der Waals surface area contributed by atoms with E-state index >= 15 is 0 Å². The number of sulfonamides is 1. The first-order valence-corrected chi connectivity index (χ1v) is 7.22. The first-order chi connectivity index (χ1) is 7.25. The minimum Gasteiger partial charge on any atom is -0.392 e. The molecular weight excluding hydrogens is 228 g/mol. The van der Waals surface area contributed by atoms with Crippen LogP contribution in [0.5, 0.6) is 0 Å². The third kappa shape index (κ3) is 7.16. The van der Waals surface area contributed by atoms with Crippen molar-refractivity contribution in [2.75, 3.05) is 25.9 Å². The lowest BCUT2D eigenvalue weighted by molar-refractivity contribution is 0.171. The predicted molar refractivity (Wildman–Crippen MR) is 65.9 cm³/mol. The van der Waals surface area contributed by atoms with Gasteiger partial charge in [-0.25, -0.2) is 12.7 Å². The number of nitrogens with zero attached hydrogens (tertiary/aromatic N) is 1. The van der Waals surface area contributed by atoms with E-state index in [1.165, 1.54) is 11.4 Å². The third-order valence-corrected chi connectivity index (χ3v) is 4.03. The molecule has 5 nitrogen and oxygen atoms in total. The molecule has 0 aromatic carbocycles. The highest BCUT2D eigenvalue weighted by Gasteiger charge is 2.18. The van der Waals surface area contributed by atoms with Crippen LogP contribution in [-0.2, 0) is 10.0 Å². The summed E-state index contributed by atoms with van der Waals surface area (Å²) in [6, 6.07) is 0.373. The summed E-state index contributed by atoms with van der Waals surface area (Å²) in [5, 5.41) is 12.3. The Bertz CT molecular complexity index is 276. The molecule has 0 spiro atoms. The Kier molecular flexibility index (Phi) is 7.14. The summed E-state index contributed by atoms with van der Waals surface area (Å²) in [6.45, 7) is 6.47. The van der Waals surface area contributed by atoms with Crippen molar-refractivity contribution in [3.8, 4) is 0 Å². The van der Waals surface area contributed by atoms with Gasteiger partial charge in [-0.3, -0.25) is 0 Å². The molecule has 0 aliphatic rings. The van der Waals surface area contributed by atoms with Crippen LogP contribution < -0.4 is 5.32 Å². The lowest BCUT2D eigenvalue weighted by atomic mass is 10.4. The highest BCUT2D eigenvalue weighted by molar-refractivity contribution is 7.89. The molecule has 2 N–H and O–H groups in total. The van der Waals surface area contributed by atoms with Gasteiger partial charge in [-0.05, 0) is 19.9 Å². The maximum atomic E-state index is 11.7. The van der Waals surface area contributed by atoms with Crippen LogP contribution in [0.3, 0.4) is 0 Å². The van der Waals surface area contributed by atoms with Crippen molar-refractivity contribution >= 4 is 10.0 Å². The van der Waals surface area contributed by atoms with E-state index in [1.807, 2.05) is 13.8 Å². The van der Waals surface area contributed by atoms with Gasteiger partial charge in [0.25, 0.3) is 0 Å². The number of likely N-dealkylation sites (N-methyl/N-ethyl adjacent to an activating group) is 1. The zero-order valence-electron chi connectivity index (χ0n) is 10.6. The average Bonchev–Trinajstić information content (AvgIpc) is 2.11. The monoisotopic (exact) mass is 252 g/mol. The van der Waals surface area contributed by atoms with Crippen LogP contribution in [-0.4, -0.2) is 55.9 Å². The molecule has 16 heavy (non-hydrogen) atoms. The second kappa shape index (κ2) is 7.21. The van der Waals surface area contributed by atoms with Crippen molar-refractivity contribution < 1.29 is 13.5 Å². The smallest absolute Gasteiger partial charge is 0.213 e. The van der Waals surface area contributed by atoms with Crippen molar-refractivity contribution in [3.05, 3.63) is 0 Å². The van der Waals surface area contributed by atoms with Crippen molar-refractivity contribution in [2.24, 2.45) is 0 Å². The van der Waals surface area contributed by atoms with E-state index in [1.54, 1.807) is 6.92 Å². The molecule has 0 amide bonds. The Hall–Kier alpha value is -0.170. The molecule has 0 aromatic heterocycles. The molecule has 0 fully saturated rings. The Labute approximate surface area is 98.9 Å². The van der Waals surface area contributed by atoms with Crippen LogP contribution in [0.2, 0.25) is 0 Å². The first-order valence-electron chi connectivity index (χ1n) is 5.61. The summed E-state index contributed by atoms with van der Waals surface area (Å²) in [6.07, 6.45) is -0.0430. The van der Waals surface area contributed by atoms with Crippen LogP contribution in [0.1, 0.15) is 27.2 Å². The van der Waals surface area contributed by atoms with Crippen molar-refractivity contribution in [1.29, 1.82) is 0 Å². The topological polar surface area (TPSA) is 69.6 Å². The molecule has 0 radical (unpaired) electrons. The fraction of sp³-hybridized carbons (Fsp3) is 1.00. The Morgan fingerprint density at radius 2 is 1.88 bits per heavy atom. The number of rotatable bonds is 8. The standard InChI is InChI=1S/C10H24N2O3S/c1-9(2)11-6-5-7-16(14,15)12(4)8-10(3)13/h9-11,13H,5-8H2,1-4H3. The van der Waals surface area contributed by atoms with Crippen molar-refractivity contribution in [1.82, 2.24) is 9.62 Å². The predicted octanol–water partition coefficient (Wildman–Crippen LogP) is 0.0169. The molecule has 0 aromatic rings. The number of nitrogens with one attached hydrogen (secondary N) is 1. The molecule has 98 valence electrons. The maximum absolute atomic E-state index is 11.7. The van der Waals surface area contributed by atoms with E-state index in [2.05, 4.69) is 5.32 Å². The Morgan fingerprint density at radius 3 is 2.31 bits per heavy atom. The molecule has 0 heterocycles. The number of hydrogen-bond donors (Lipinski definition) is 2. The molecule has 0 bridgehead atoms. The molecule has 6 heteroatoms. The quantitative estimate of drug-likeness (QED) is 0.597. The highest BCUT2D eigenvalue weighted by atomic mass is 32.2. The minimum atomic E-state index is -3.22. The molecule has 0 saturated heterocycles. The lowest BCUT2D eigenvalue weighted by Crippen LogP contribution is -2.35. The van der Waals surface area contributed by atoms with Gasteiger partial charge in [0.05, 0.1) is 11.9 Å². The second-order valence-corrected chi connectivity index (χ2v) is 6.60. The molecule has 1 unspecified atom stereocenters. The number of aliphatic hydroxyl groups excluding tert-OH is 1. The van der Waals surface area contributed by atoms with E-state index < -0.39 is 16.1 Å². The maximum Gasteiger partial charge on any atom is 0.213 e. The molecule has 0 rings (SSSR count). The average molecular weight is 252 g/mol. The zero-order chi connectivity index (χ0) is 12.8. The summed E-state index contributed by atoms with van der Waals surface area (Å²) in [5.41, 5.74) is 0. The number of hydrogen-bond acceptors (Lipinski definition) is 4. The van der Waals surface area contributed by atoms with Crippen molar-refractivity contribution in [2.45, 2.75) is 39.3 Å². The zero-order valence-corrected chi connectivity index (χ0v) is 11.4. The fourth-order valence-corrected chi connectivity index (χ4v) is 2.55. The minimum absolute atomic E-state index is 0.121. The normalized spacial score (nSPS) is 14.7. The SMILES string of the molecule is CC(O)CN(C)S(=O)(=O)CCCNC(C)C. The van der Waals surface area contributed by atoms with Crippen LogP contribution in [0.25, 0.3) is 0 Å². The van der Waals surface area contributed by atoms with Gasteiger partial charge in [0.15, 0.2) is 0 Å². The van der Waals surface area contributed by atoms with Gasteiger partial charge < -0.3 is 10.4 Å². The van der Waals surface area contributed by atoms with Gasteiger partial charge in [0.1, 0.15) is 0 Å². The summed E-state index contributed by atoms with van der Waals surface area (Å²) >= 11 is 0. The lowest BCUT2D eigenvalue weighted by Gasteiger charge is -2.18. The summed E-state index contributed by atoms with van der Waals surface area (Å²) in [7, 11) is -1.72. The molecule has 0 aliphatic carbocycles. The molecule has 0 aliphatic heterocycles. The highest BCUT2D eigenvalue weighted by Crippen LogP contribution is 2.01. The van der Waals surface area contributed by atoms with Gasteiger partial charge in [0.2, 0.25) is 10.0 Å². The van der Waals surface area contributed by atoms with Gasteiger partial charge in [-0.15, -0.1) is 0 Å². The Morgan fingerprint density at radius 1 is 1.31 bits per heavy atom. The van der Waals surface area contributed by atoms with Gasteiger partial charge in [0, 0.05) is 19.6 Å². The van der Waals surface area contributed by atoms with Crippen LogP contribution in [0, 0.1) is 0 Å². The summed E-state index contributed by atoms with van der Waals surface area (Å²) in [4.78, 5) is 0. The van der Waals surface area contributed by atoms with E-state index in [0.29, 0.717) is 19.0 Å². The third-order valence-electron chi connectivity index (χ3n) is 2.13. The van der Waals surface area contributed by atoms with Gasteiger partial charge in [-0.2, -0.15) is 0 Å². The first kappa shape index (κ1) is 15.8. The van der Waals surface area contributed by atoms with E-state index in [9.17, 15) is 8.42 Å². The van der Waals surface area contributed by atoms with Crippen LogP contribution in [0.15, 0.2) is 0 Å². The van der Waals surface area contributed by atoms with Crippen LogP contribution >= 0.6 is 0 Å². The summed E-state index contributed by atoms with van der Waals surface area (Å²) in [5.74, 6) is 0.121. The molecular formula is C10H24N2O3S. The van der Waals surface area contributed by atoms with Crippen LogP contribution in [0.4, 0.5) is 0 Å². The number of aliphatic hydroxyl groups is 1. The van der Waals surface area contributed by atoms with E-state index in [4.69, 9.17) is 5.11 Å². The van der Waals surface area contributed by atoms with E-state index in [-0.39, 0.29) is 12.3 Å². The summed E-state index contributed by atoms with van der Waals surface area (Å²) < 4.78 is 24.6. The second-order valence-electron chi connectivity index (χ2n) is 4.41. The van der Waals surface area contributed by atoms with Gasteiger partial charge >= 0.3 is 0 Å². The van der Waals surface area contributed by atoms with E-state index in [0.717, 1.165) is 0 Å². The Balaban J connectivity index is 3.95. The molecule has 1 atom stereocenters.